The lowest BCUT2D eigenvalue weighted by Gasteiger charge is -2.22. The molecule has 0 N–H and O–H groups in total. The number of methoxy groups -OCH3 is 1. The van der Waals surface area contributed by atoms with Crippen molar-refractivity contribution in [3.8, 4) is 5.75 Å². The Morgan fingerprint density at radius 1 is 1.26 bits per heavy atom. The van der Waals surface area contributed by atoms with Crippen LogP contribution in [-0.2, 0) is 16.1 Å². The monoisotopic (exact) mass is 372 g/mol. The molecular weight excluding hydrogens is 348 g/mol. The second-order valence-electron chi connectivity index (χ2n) is 6.78. The molecule has 1 aliphatic rings. The summed E-state index contributed by atoms with van der Waals surface area (Å²) in [6, 6.07) is 5.25. The third kappa shape index (κ3) is 3.82. The molecule has 1 atom stereocenters. The highest BCUT2D eigenvalue weighted by molar-refractivity contribution is 5.96. The van der Waals surface area contributed by atoms with Crippen LogP contribution in [0.1, 0.15) is 45.8 Å². The number of aromatic nitrogens is 1. The molecule has 2 aromatic rings. The highest BCUT2D eigenvalue weighted by Crippen LogP contribution is 2.25. The molecule has 0 aliphatic carbocycles. The number of carbonyl (C=O) groups excluding carboxylic acids is 2. The van der Waals surface area contributed by atoms with Gasteiger partial charge in [-0.25, -0.2) is 4.79 Å². The van der Waals surface area contributed by atoms with Crippen molar-refractivity contribution in [2.45, 2.75) is 46.3 Å². The third-order valence-electron chi connectivity index (χ3n) is 5.04. The average Bonchev–Trinajstić information content (AvgIpc) is 3.28. The fourth-order valence-corrected chi connectivity index (χ4v) is 3.22. The molecule has 1 aromatic heterocycles. The van der Waals surface area contributed by atoms with Crippen molar-refractivity contribution in [3.63, 3.8) is 0 Å². The van der Waals surface area contributed by atoms with E-state index in [1.54, 1.807) is 6.92 Å². The number of hydrogen-bond donors (Lipinski definition) is 0. The minimum absolute atomic E-state index is 0.162. The first-order valence-corrected chi connectivity index (χ1v) is 8.96. The maximum Gasteiger partial charge on any atom is 0.328 e. The number of likely N-dealkylation sites (tertiary alicyclic amines) is 1. The minimum atomic E-state index is -0.576. The van der Waals surface area contributed by atoms with Crippen LogP contribution in [0.3, 0.4) is 0 Å². The van der Waals surface area contributed by atoms with Crippen LogP contribution in [0.25, 0.3) is 0 Å². The molecule has 0 radical (unpaired) electrons. The topological polar surface area (TPSA) is 81.9 Å². The first-order chi connectivity index (χ1) is 12.9. The Kier molecular flexibility index (Phi) is 5.48. The predicted molar refractivity (Wildman–Crippen MR) is 97.6 cm³/mol. The first-order valence-electron chi connectivity index (χ1n) is 8.96. The fraction of sp³-hybridized carbons (Fsp3) is 0.450. The summed E-state index contributed by atoms with van der Waals surface area (Å²) < 4.78 is 15.9. The van der Waals surface area contributed by atoms with Crippen LogP contribution in [0.4, 0.5) is 0 Å². The van der Waals surface area contributed by atoms with Crippen molar-refractivity contribution in [3.05, 3.63) is 46.3 Å². The fourth-order valence-electron chi connectivity index (χ4n) is 3.22. The summed E-state index contributed by atoms with van der Waals surface area (Å²) in [5.74, 6) is 0.495. The maximum absolute atomic E-state index is 13.0. The second kappa shape index (κ2) is 7.82. The number of ether oxygens (including phenoxy) is 2. The number of rotatable bonds is 5. The van der Waals surface area contributed by atoms with Gasteiger partial charge in [-0.15, -0.1) is 0 Å². The van der Waals surface area contributed by atoms with Gasteiger partial charge < -0.3 is 18.9 Å². The summed E-state index contributed by atoms with van der Waals surface area (Å²) in [4.78, 5) is 26.4. The molecule has 1 saturated heterocycles. The van der Waals surface area contributed by atoms with E-state index in [-0.39, 0.29) is 18.2 Å². The number of carbonyl (C=O) groups is 2. The Morgan fingerprint density at radius 3 is 2.74 bits per heavy atom. The minimum Gasteiger partial charge on any atom is -0.489 e. The smallest absolute Gasteiger partial charge is 0.328 e. The lowest BCUT2D eigenvalue weighted by atomic mass is 10.1. The van der Waals surface area contributed by atoms with Gasteiger partial charge in [-0.1, -0.05) is 11.2 Å². The Balaban J connectivity index is 1.78. The second-order valence-corrected chi connectivity index (χ2v) is 6.78. The van der Waals surface area contributed by atoms with Crippen LogP contribution in [0.15, 0.2) is 22.7 Å². The van der Waals surface area contributed by atoms with Crippen molar-refractivity contribution in [1.29, 1.82) is 0 Å². The molecule has 1 fully saturated rings. The zero-order valence-electron chi connectivity index (χ0n) is 16.1. The number of amides is 1. The molecule has 0 saturated carbocycles. The standard InChI is InChI=1S/C20H24N2O5/c1-12-7-8-15(10-13(12)2)26-11-16-14(3)27-21-18(16)19(23)22-9-5-6-17(22)20(24)25-4/h7-8,10,17H,5-6,9,11H2,1-4H3. The molecule has 7 nitrogen and oxygen atoms in total. The quantitative estimate of drug-likeness (QED) is 0.751. The Hall–Kier alpha value is -2.83. The van der Waals surface area contributed by atoms with E-state index >= 15 is 0 Å². The molecule has 7 heteroatoms. The first kappa shape index (κ1) is 18.9. The number of aryl methyl sites for hydroxylation is 3. The van der Waals surface area contributed by atoms with Crippen LogP contribution in [-0.4, -0.2) is 41.6 Å². The van der Waals surface area contributed by atoms with E-state index in [4.69, 9.17) is 14.0 Å². The molecule has 27 heavy (non-hydrogen) atoms. The van der Waals surface area contributed by atoms with Gasteiger partial charge in [0, 0.05) is 6.54 Å². The van der Waals surface area contributed by atoms with Crippen molar-refractivity contribution < 1.29 is 23.6 Å². The van der Waals surface area contributed by atoms with E-state index in [0.717, 1.165) is 12.0 Å². The van der Waals surface area contributed by atoms with Gasteiger partial charge in [-0.05, 0) is 56.9 Å². The molecule has 0 spiro atoms. The van der Waals surface area contributed by atoms with Gasteiger partial charge in [-0.2, -0.15) is 0 Å². The molecule has 1 aromatic carbocycles. The highest BCUT2D eigenvalue weighted by Gasteiger charge is 2.37. The maximum atomic E-state index is 13.0. The van der Waals surface area contributed by atoms with E-state index in [9.17, 15) is 9.59 Å². The predicted octanol–water partition coefficient (Wildman–Crippen LogP) is 2.96. The zero-order chi connectivity index (χ0) is 19.6. The van der Waals surface area contributed by atoms with Crippen LogP contribution >= 0.6 is 0 Å². The summed E-state index contributed by atoms with van der Waals surface area (Å²) in [6.45, 7) is 6.44. The summed E-state index contributed by atoms with van der Waals surface area (Å²) in [5, 5.41) is 3.93. The highest BCUT2D eigenvalue weighted by atomic mass is 16.5. The molecule has 1 unspecified atom stereocenters. The van der Waals surface area contributed by atoms with Crippen LogP contribution in [0, 0.1) is 20.8 Å². The lowest BCUT2D eigenvalue weighted by molar-refractivity contribution is -0.145. The summed E-state index contributed by atoms with van der Waals surface area (Å²) in [6.07, 6.45) is 1.33. The van der Waals surface area contributed by atoms with E-state index in [1.165, 1.54) is 17.6 Å². The zero-order valence-corrected chi connectivity index (χ0v) is 16.1. The normalized spacial score (nSPS) is 16.4. The van der Waals surface area contributed by atoms with E-state index in [2.05, 4.69) is 5.16 Å². The molecule has 3 rings (SSSR count). The summed E-state index contributed by atoms with van der Waals surface area (Å²) in [5.41, 5.74) is 3.09. The Bertz CT molecular complexity index is 858. The van der Waals surface area contributed by atoms with Gasteiger partial charge in [0.2, 0.25) is 0 Å². The third-order valence-corrected chi connectivity index (χ3v) is 5.04. The van der Waals surface area contributed by atoms with Gasteiger partial charge in [0.25, 0.3) is 5.91 Å². The van der Waals surface area contributed by atoms with Crippen LogP contribution in [0.5, 0.6) is 5.75 Å². The average molecular weight is 372 g/mol. The largest absolute Gasteiger partial charge is 0.489 e. The van der Waals surface area contributed by atoms with E-state index < -0.39 is 12.0 Å². The summed E-state index contributed by atoms with van der Waals surface area (Å²) in [7, 11) is 1.33. The van der Waals surface area contributed by atoms with Gasteiger partial charge in [-0.3, -0.25) is 4.79 Å². The van der Waals surface area contributed by atoms with Crippen LogP contribution in [0.2, 0.25) is 0 Å². The number of hydrogen-bond acceptors (Lipinski definition) is 6. The van der Waals surface area contributed by atoms with Crippen molar-refractivity contribution in [1.82, 2.24) is 10.1 Å². The molecule has 1 amide bonds. The van der Waals surface area contributed by atoms with E-state index in [0.29, 0.717) is 30.0 Å². The molecular formula is C20H24N2O5. The Labute approximate surface area is 158 Å². The van der Waals surface area contributed by atoms with Gasteiger partial charge in [0.15, 0.2) is 5.69 Å². The van der Waals surface area contributed by atoms with E-state index in [1.807, 2.05) is 32.0 Å². The number of benzene rings is 1. The lowest BCUT2D eigenvalue weighted by Crippen LogP contribution is -2.41. The summed E-state index contributed by atoms with van der Waals surface area (Å²) >= 11 is 0. The molecule has 144 valence electrons. The van der Waals surface area contributed by atoms with Gasteiger partial charge in [0.05, 0.1) is 12.7 Å². The van der Waals surface area contributed by atoms with Gasteiger partial charge >= 0.3 is 5.97 Å². The molecule has 0 bridgehead atoms. The SMILES string of the molecule is COC(=O)C1CCCN1C(=O)c1noc(C)c1COc1ccc(C)c(C)c1. The van der Waals surface area contributed by atoms with Crippen molar-refractivity contribution >= 4 is 11.9 Å². The number of nitrogens with zero attached hydrogens (tertiary/aromatic N) is 2. The Morgan fingerprint density at radius 2 is 2.04 bits per heavy atom. The van der Waals surface area contributed by atoms with Crippen LogP contribution < -0.4 is 4.74 Å². The number of esters is 1. The molecule has 1 aliphatic heterocycles. The van der Waals surface area contributed by atoms with Crippen molar-refractivity contribution in [2.24, 2.45) is 0 Å². The molecule has 2 heterocycles. The van der Waals surface area contributed by atoms with Crippen molar-refractivity contribution in [2.75, 3.05) is 13.7 Å². The van der Waals surface area contributed by atoms with Gasteiger partial charge in [0.1, 0.15) is 24.2 Å².